The molecule has 1 amide bonds. The minimum absolute atomic E-state index is 0.00551. The number of carbonyl (C=O) groups is 2. The third kappa shape index (κ3) is 3.18. The maximum absolute atomic E-state index is 13.5. The molecule has 0 spiro atoms. The lowest BCUT2D eigenvalue weighted by molar-refractivity contribution is -0.142. The van der Waals surface area contributed by atoms with E-state index in [1.165, 1.54) is 4.90 Å². The lowest BCUT2D eigenvalue weighted by atomic mass is 10.1. The van der Waals surface area contributed by atoms with E-state index in [2.05, 4.69) is 5.32 Å². The molecule has 0 aliphatic carbocycles. The van der Waals surface area contributed by atoms with Gasteiger partial charge in [0.15, 0.2) is 11.6 Å². The topological polar surface area (TPSA) is 58.6 Å². The fourth-order valence-electron chi connectivity index (χ4n) is 2.38. The van der Waals surface area contributed by atoms with Crippen molar-refractivity contribution in [1.82, 2.24) is 0 Å². The van der Waals surface area contributed by atoms with Crippen LogP contribution in [-0.2, 0) is 14.3 Å². The molecule has 0 fully saturated rings. The highest BCUT2D eigenvalue weighted by molar-refractivity contribution is 6.05. The quantitative estimate of drug-likeness (QED) is 0.849. The van der Waals surface area contributed by atoms with Crippen LogP contribution in [-0.4, -0.2) is 31.1 Å². The number of amides is 1. The number of rotatable bonds is 5. The summed E-state index contributed by atoms with van der Waals surface area (Å²) in [7, 11) is 0. The first-order valence-electron chi connectivity index (χ1n) is 7.20. The average Bonchev–Trinajstić information content (AvgIpc) is 2.48. The summed E-state index contributed by atoms with van der Waals surface area (Å²) in [5.41, 5.74) is 0.576. The van der Waals surface area contributed by atoms with Crippen LogP contribution in [0.1, 0.15) is 26.7 Å². The van der Waals surface area contributed by atoms with E-state index in [9.17, 15) is 18.4 Å². The number of benzene rings is 1. The molecule has 0 aromatic heterocycles. The van der Waals surface area contributed by atoms with E-state index < -0.39 is 23.6 Å². The van der Waals surface area contributed by atoms with Gasteiger partial charge in [0.1, 0.15) is 6.04 Å². The first-order chi connectivity index (χ1) is 10.5. The van der Waals surface area contributed by atoms with Gasteiger partial charge in [-0.3, -0.25) is 9.59 Å². The van der Waals surface area contributed by atoms with Gasteiger partial charge in [-0.25, -0.2) is 8.78 Å². The molecule has 0 bridgehead atoms. The third-order valence-corrected chi connectivity index (χ3v) is 3.48. The van der Waals surface area contributed by atoms with Gasteiger partial charge in [0.05, 0.1) is 24.4 Å². The van der Waals surface area contributed by atoms with Crippen molar-refractivity contribution in [1.29, 1.82) is 0 Å². The van der Waals surface area contributed by atoms with Gasteiger partial charge in [0, 0.05) is 18.7 Å². The molecule has 1 atom stereocenters. The molecule has 1 unspecified atom stereocenters. The average molecular weight is 312 g/mol. The lowest BCUT2D eigenvalue weighted by Gasteiger charge is -2.35. The number of nitrogens with zero attached hydrogens (tertiary/aromatic N) is 1. The van der Waals surface area contributed by atoms with E-state index in [0.717, 1.165) is 12.1 Å². The monoisotopic (exact) mass is 312 g/mol. The smallest absolute Gasteiger partial charge is 0.307 e. The van der Waals surface area contributed by atoms with Crippen molar-refractivity contribution >= 4 is 23.3 Å². The fraction of sp³-hybridized carbons (Fsp3) is 0.467. The molecule has 0 saturated carbocycles. The molecular weight excluding hydrogens is 294 g/mol. The maximum Gasteiger partial charge on any atom is 0.307 e. The van der Waals surface area contributed by atoms with Crippen molar-refractivity contribution in [3.63, 3.8) is 0 Å². The standard InChI is InChI=1S/C15H18F2N2O3/c1-3-11-15(21)19(6-5-14(20)22-4-2)13-8-10(17)9(16)7-12(13)18-11/h7-8,11,18H,3-6H2,1-2H3. The number of halogens is 2. The Morgan fingerprint density at radius 3 is 2.64 bits per heavy atom. The summed E-state index contributed by atoms with van der Waals surface area (Å²) < 4.78 is 31.7. The van der Waals surface area contributed by atoms with Crippen molar-refractivity contribution in [2.75, 3.05) is 23.4 Å². The van der Waals surface area contributed by atoms with Crippen LogP contribution in [0.4, 0.5) is 20.2 Å². The molecule has 0 radical (unpaired) electrons. The Morgan fingerprint density at radius 1 is 1.32 bits per heavy atom. The molecular formula is C15H18F2N2O3. The van der Waals surface area contributed by atoms with Crippen LogP contribution < -0.4 is 10.2 Å². The van der Waals surface area contributed by atoms with Crippen molar-refractivity contribution < 1.29 is 23.1 Å². The van der Waals surface area contributed by atoms with Crippen molar-refractivity contribution in [3.8, 4) is 0 Å². The SMILES string of the molecule is CCOC(=O)CCN1C(=O)C(CC)Nc2cc(F)c(F)cc21. The number of ether oxygens (including phenoxy) is 1. The Bertz CT molecular complexity index is 592. The molecule has 7 heteroatoms. The number of fused-ring (bicyclic) bond motifs is 1. The largest absolute Gasteiger partial charge is 0.466 e. The number of hydrogen-bond donors (Lipinski definition) is 1. The summed E-state index contributed by atoms with van der Waals surface area (Å²) in [4.78, 5) is 25.2. The van der Waals surface area contributed by atoms with Gasteiger partial charge in [0.2, 0.25) is 5.91 Å². The highest BCUT2D eigenvalue weighted by Crippen LogP contribution is 2.34. The normalized spacial score (nSPS) is 17.0. The molecule has 2 rings (SSSR count). The summed E-state index contributed by atoms with van der Waals surface area (Å²) in [5.74, 6) is -2.73. The van der Waals surface area contributed by atoms with Crippen LogP contribution in [0.2, 0.25) is 0 Å². The van der Waals surface area contributed by atoms with Crippen LogP contribution in [0.3, 0.4) is 0 Å². The molecule has 22 heavy (non-hydrogen) atoms. The van der Waals surface area contributed by atoms with Gasteiger partial charge in [-0.2, -0.15) is 0 Å². The zero-order chi connectivity index (χ0) is 16.3. The number of esters is 1. The summed E-state index contributed by atoms with van der Waals surface area (Å²) in [5, 5.41) is 2.89. The molecule has 0 saturated heterocycles. The molecule has 120 valence electrons. The summed E-state index contributed by atoms with van der Waals surface area (Å²) >= 11 is 0. The highest BCUT2D eigenvalue weighted by atomic mass is 19.2. The Hall–Kier alpha value is -2.18. The van der Waals surface area contributed by atoms with E-state index in [4.69, 9.17) is 4.74 Å². The minimum Gasteiger partial charge on any atom is -0.466 e. The first kappa shape index (κ1) is 16.2. The number of carbonyl (C=O) groups excluding carboxylic acids is 2. The van der Waals surface area contributed by atoms with Crippen LogP contribution >= 0.6 is 0 Å². The number of nitrogens with one attached hydrogen (secondary N) is 1. The van der Waals surface area contributed by atoms with Gasteiger partial charge >= 0.3 is 5.97 Å². The maximum atomic E-state index is 13.5. The van der Waals surface area contributed by atoms with Gasteiger partial charge < -0.3 is 15.0 Å². The molecule has 1 aliphatic rings. The van der Waals surface area contributed by atoms with E-state index in [1.807, 2.05) is 6.92 Å². The highest BCUT2D eigenvalue weighted by Gasteiger charge is 2.32. The number of anilines is 2. The van der Waals surface area contributed by atoms with E-state index >= 15 is 0 Å². The fourth-order valence-corrected chi connectivity index (χ4v) is 2.38. The zero-order valence-electron chi connectivity index (χ0n) is 12.5. The third-order valence-electron chi connectivity index (χ3n) is 3.48. The van der Waals surface area contributed by atoms with Crippen LogP contribution in [0.15, 0.2) is 12.1 Å². The lowest BCUT2D eigenvalue weighted by Crippen LogP contribution is -2.47. The van der Waals surface area contributed by atoms with E-state index in [0.29, 0.717) is 12.1 Å². The molecule has 5 nitrogen and oxygen atoms in total. The Balaban J connectivity index is 2.28. The second-order valence-corrected chi connectivity index (χ2v) is 4.93. The van der Waals surface area contributed by atoms with Crippen molar-refractivity contribution in [3.05, 3.63) is 23.8 Å². The summed E-state index contributed by atoms with van der Waals surface area (Å²) in [6, 6.07) is 1.46. The molecule has 1 N–H and O–H groups in total. The van der Waals surface area contributed by atoms with Gasteiger partial charge in [-0.05, 0) is 13.3 Å². The van der Waals surface area contributed by atoms with Gasteiger partial charge in [-0.1, -0.05) is 6.92 Å². The van der Waals surface area contributed by atoms with Crippen molar-refractivity contribution in [2.45, 2.75) is 32.7 Å². The predicted molar refractivity (Wildman–Crippen MR) is 77.7 cm³/mol. The number of hydrogen-bond acceptors (Lipinski definition) is 4. The van der Waals surface area contributed by atoms with E-state index in [-0.39, 0.29) is 31.2 Å². The van der Waals surface area contributed by atoms with Gasteiger partial charge in [0.25, 0.3) is 0 Å². The predicted octanol–water partition coefficient (Wildman–Crippen LogP) is 2.46. The van der Waals surface area contributed by atoms with Crippen LogP contribution in [0, 0.1) is 11.6 Å². The zero-order valence-corrected chi connectivity index (χ0v) is 12.5. The second-order valence-electron chi connectivity index (χ2n) is 4.93. The minimum atomic E-state index is -1.04. The van der Waals surface area contributed by atoms with E-state index in [1.54, 1.807) is 6.92 Å². The Morgan fingerprint density at radius 2 is 2.00 bits per heavy atom. The molecule has 1 aromatic carbocycles. The molecule has 1 aliphatic heterocycles. The second kappa shape index (κ2) is 6.72. The van der Waals surface area contributed by atoms with Crippen LogP contribution in [0.25, 0.3) is 0 Å². The van der Waals surface area contributed by atoms with Gasteiger partial charge in [-0.15, -0.1) is 0 Å². The Labute approximate surface area is 127 Å². The molecule has 1 heterocycles. The molecule has 1 aromatic rings. The summed E-state index contributed by atoms with van der Waals surface area (Å²) in [6.07, 6.45) is 0.488. The Kier molecular flexibility index (Phi) is 4.95. The first-order valence-corrected chi connectivity index (χ1v) is 7.20. The van der Waals surface area contributed by atoms with Crippen molar-refractivity contribution in [2.24, 2.45) is 0 Å². The van der Waals surface area contributed by atoms with Crippen LogP contribution in [0.5, 0.6) is 0 Å². The summed E-state index contributed by atoms with van der Waals surface area (Å²) in [6.45, 7) is 3.81.